The molecule has 1 aromatic carbocycles. The van der Waals surface area contributed by atoms with Gasteiger partial charge in [-0.05, 0) is 41.9 Å². The molecule has 0 spiro atoms. The maximum absolute atomic E-state index is 12.2. The molecule has 0 saturated carbocycles. The lowest BCUT2D eigenvalue weighted by Gasteiger charge is -2.22. The Labute approximate surface area is 115 Å². The molecule has 0 amide bonds. The Kier molecular flexibility index (Phi) is 6.00. The van der Waals surface area contributed by atoms with Crippen LogP contribution in [0.15, 0.2) is 29.2 Å². The van der Waals surface area contributed by atoms with Gasteiger partial charge in [0, 0.05) is 17.7 Å². The highest BCUT2D eigenvalue weighted by molar-refractivity contribution is 8.00. The van der Waals surface area contributed by atoms with Crippen LogP contribution >= 0.6 is 11.8 Å². The molecule has 1 N–H and O–H groups in total. The number of hydrogen-bond acceptors (Lipinski definition) is 3. The minimum atomic E-state index is -4.24. The van der Waals surface area contributed by atoms with Gasteiger partial charge in [-0.2, -0.15) is 13.2 Å². The van der Waals surface area contributed by atoms with E-state index in [0.29, 0.717) is 12.5 Å². The van der Waals surface area contributed by atoms with Crippen molar-refractivity contribution in [1.82, 2.24) is 0 Å². The number of nitrogens with one attached hydrogen (secondary N) is 1. The van der Waals surface area contributed by atoms with E-state index in [0.717, 1.165) is 5.69 Å². The molecule has 0 fully saturated rings. The van der Waals surface area contributed by atoms with Gasteiger partial charge in [-0.25, -0.2) is 0 Å². The van der Waals surface area contributed by atoms with Crippen molar-refractivity contribution in [2.75, 3.05) is 19.0 Å². The molecule has 6 heteroatoms. The van der Waals surface area contributed by atoms with Gasteiger partial charge < -0.3 is 10.1 Å². The van der Waals surface area contributed by atoms with Crippen molar-refractivity contribution in [3.8, 4) is 0 Å². The molecule has 0 aliphatic heterocycles. The molecule has 0 aliphatic carbocycles. The van der Waals surface area contributed by atoms with E-state index in [9.17, 15) is 13.2 Å². The van der Waals surface area contributed by atoms with Crippen LogP contribution in [0.3, 0.4) is 0 Å². The molecule has 1 rings (SSSR count). The lowest BCUT2D eigenvalue weighted by Crippen LogP contribution is -2.30. The first-order valence-electron chi connectivity index (χ1n) is 5.93. The van der Waals surface area contributed by atoms with Gasteiger partial charge in [0.25, 0.3) is 0 Å². The lowest BCUT2D eigenvalue weighted by molar-refractivity contribution is -0.0328. The number of hydrogen-bond donors (Lipinski definition) is 1. The van der Waals surface area contributed by atoms with Crippen molar-refractivity contribution in [2.45, 2.75) is 30.3 Å². The van der Waals surface area contributed by atoms with Gasteiger partial charge in [-0.3, -0.25) is 0 Å². The van der Waals surface area contributed by atoms with Crippen LogP contribution in [0.25, 0.3) is 0 Å². The first kappa shape index (κ1) is 16.2. The van der Waals surface area contributed by atoms with E-state index < -0.39 is 5.51 Å². The Hall–Kier alpha value is -0.880. The molecular weight excluding hydrogens is 275 g/mol. The third-order valence-electron chi connectivity index (χ3n) is 2.59. The van der Waals surface area contributed by atoms with E-state index in [1.165, 1.54) is 12.1 Å². The van der Waals surface area contributed by atoms with Crippen molar-refractivity contribution >= 4 is 17.4 Å². The molecular formula is C13H18F3NOS. The number of rotatable bonds is 6. The van der Waals surface area contributed by atoms with Crippen molar-refractivity contribution in [2.24, 2.45) is 5.92 Å². The van der Waals surface area contributed by atoms with Gasteiger partial charge in [0.05, 0.1) is 12.6 Å². The molecule has 0 saturated heterocycles. The topological polar surface area (TPSA) is 21.3 Å². The quantitative estimate of drug-likeness (QED) is 0.786. The summed E-state index contributed by atoms with van der Waals surface area (Å²) in [5, 5.41) is 3.25. The summed E-state index contributed by atoms with van der Waals surface area (Å²) in [4.78, 5) is 0.186. The molecule has 0 heterocycles. The van der Waals surface area contributed by atoms with Gasteiger partial charge in [0.2, 0.25) is 0 Å². The van der Waals surface area contributed by atoms with Gasteiger partial charge in [0.1, 0.15) is 0 Å². The van der Waals surface area contributed by atoms with Crippen LogP contribution in [-0.4, -0.2) is 25.3 Å². The minimum Gasteiger partial charge on any atom is -0.383 e. The predicted octanol–water partition coefficient (Wildman–Crippen LogP) is 4.38. The Morgan fingerprint density at radius 1 is 1.21 bits per heavy atom. The molecule has 1 aromatic rings. The van der Waals surface area contributed by atoms with E-state index in [1.807, 2.05) is 0 Å². The molecule has 108 valence electrons. The fourth-order valence-electron chi connectivity index (χ4n) is 1.55. The van der Waals surface area contributed by atoms with Crippen LogP contribution in [0.1, 0.15) is 13.8 Å². The highest BCUT2D eigenvalue weighted by Gasteiger charge is 2.29. The zero-order valence-electron chi connectivity index (χ0n) is 11.1. The monoisotopic (exact) mass is 293 g/mol. The Morgan fingerprint density at radius 2 is 1.79 bits per heavy atom. The van der Waals surface area contributed by atoms with E-state index in [2.05, 4.69) is 19.2 Å². The molecule has 0 aromatic heterocycles. The van der Waals surface area contributed by atoms with Crippen LogP contribution in [0.4, 0.5) is 18.9 Å². The largest absolute Gasteiger partial charge is 0.446 e. The third kappa shape index (κ3) is 6.20. The minimum absolute atomic E-state index is 0.108. The number of ether oxygens (including phenoxy) is 1. The Balaban J connectivity index is 2.65. The molecule has 0 radical (unpaired) electrons. The van der Waals surface area contributed by atoms with Gasteiger partial charge in [-0.15, -0.1) is 0 Å². The highest BCUT2D eigenvalue weighted by atomic mass is 32.2. The molecule has 1 unspecified atom stereocenters. The first-order valence-corrected chi connectivity index (χ1v) is 6.74. The Bertz CT molecular complexity index is 378. The molecule has 19 heavy (non-hydrogen) atoms. The van der Waals surface area contributed by atoms with Crippen LogP contribution in [0.5, 0.6) is 0 Å². The second kappa shape index (κ2) is 7.05. The van der Waals surface area contributed by atoms with Crippen LogP contribution in [-0.2, 0) is 4.74 Å². The molecule has 0 aliphatic rings. The van der Waals surface area contributed by atoms with Crippen LogP contribution in [0, 0.1) is 5.92 Å². The van der Waals surface area contributed by atoms with E-state index >= 15 is 0 Å². The lowest BCUT2D eigenvalue weighted by atomic mass is 10.1. The standard InChI is InChI=1S/C13H18F3NOS/c1-9(2)12(8-18-3)17-10-4-6-11(7-5-10)19-13(14,15)16/h4-7,9,12,17H,8H2,1-3H3. The van der Waals surface area contributed by atoms with Crippen molar-refractivity contribution in [1.29, 1.82) is 0 Å². The number of anilines is 1. The summed E-state index contributed by atoms with van der Waals surface area (Å²) in [7, 11) is 1.63. The van der Waals surface area contributed by atoms with E-state index in [4.69, 9.17) is 4.74 Å². The highest BCUT2D eigenvalue weighted by Crippen LogP contribution is 2.37. The number of thioether (sulfide) groups is 1. The maximum atomic E-state index is 12.2. The SMILES string of the molecule is COCC(Nc1ccc(SC(F)(F)F)cc1)C(C)C. The zero-order chi connectivity index (χ0) is 14.5. The molecule has 0 bridgehead atoms. The number of methoxy groups -OCH3 is 1. The predicted molar refractivity (Wildman–Crippen MR) is 72.5 cm³/mol. The summed E-state index contributed by atoms with van der Waals surface area (Å²) < 4.78 is 41.7. The van der Waals surface area contributed by atoms with Crippen molar-refractivity contribution in [3.05, 3.63) is 24.3 Å². The maximum Gasteiger partial charge on any atom is 0.446 e. The van der Waals surface area contributed by atoms with Gasteiger partial charge in [0.15, 0.2) is 0 Å². The summed E-state index contributed by atoms with van der Waals surface area (Å²) in [6.07, 6.45) is 0. The summed E-state index contributed by atoms with van der Waals surface area (Å²) in [6.45, 7) is 4.67. The summed E-state index contributed by atoms with van der Waals surface area (Å²) in [5.41, 5.74) is -3.45. The average Bonchev–Trinajstić information content (AvgIpc) is 2.29. The van der Waals surface area contributed by atoms with Crippen molar-refractivity contribution < 1.29 is 17.9 Å². The van der Waals surface area contributed by atoms with Crippen LogP contribution < -0.4 is 5.32 Å². The van der Waals surface area contributed by atoms with E-state index in [-0.39, 0.29) is 22.7 Å². The fraction of sp³-hybridized carbons (Fsp3) is 0.538. The number of halogens is 3. The third-order valence-corrected chi connectivity index (χ3v) is 3.33. The second-order valence-electron chi connectivity index (χ2n) is 4.52. The van der Waals surface area contributed by atoms with Crippen molar-refractivity contribution in [3.63, 3.8) is 0 Å². The van der Waals surface area contributed by atoms with E-state index in [1.54, 1.807) is 19.2 Å². The summed E-state index contributed by atoms with van der Waals surface area (Å²) in [5.74, 6) is 0.365. The fourth-order valence-corrected chi connectivity index (χ4v) is 2.09. The van der Waals surface area contributed by atoms with Crippen LogP contribution in [0.2, 0.25) is 0 Å². The number of alkyl halides is 3. The average molecular weight is 293 g/mol. The molecule has 2 nitrogen and oxygen atoms in total. The van der Waals surface area contributed by atoms with Gasteiger partial charge in [-0.1, -0.05) is 13.8 Å². The first-order chi connectivity index (χ1) is 8.81. The smallest absolute Gasteiger partial charge is 0.383 e. The molecule has 1 atom stereocenters. The normalized spacial score (nSPS) is 13.6. The van der Waals surface area contributed by atoms with Gasteiger partial charge >= 0.3 is 5.51 Å². The second-order valence-corrected chi connectivity index (χ2v) is 5.66. The zero-order valence-corrected chi connectivity index (χ0v) is 11.9. The summed E-state index contributed by atoms with van der Waals surface area (Å²) in [6, 6.07) is 6.36. The summed E-state index contributed by atoms with van der Waals surface area (Å²) >= 11 is -0.108. The number of benzene rings is 1. The Morgan fingerprint density at radius 3 is 2.21 bits per heavy atom.